The van der Waals surface area contributed by atoms with Crippen molar-refractivity contribution in [3.63, 3.8) is 0 Å². The van der Waals surface area contributed by atoms with Crippen molar-refractivity contribution < 1.29 is 5.11 Å². The van der Waals surface area contributed by atoms with Crippen molar-refractivity contribution in [2.75, 3.05) is 0 Å². The molecule has 0 unspecified atom stereocenters. The summed E-state index contributed by atoms with van der Waals surface area (Å²) in [6, 6.07) is 2.59. The maximum Gasteiger partial charge on any atom is -0.00409 e. The largest absolute Gasteiger partial charge is 0.872 e. The lowest BCUT2D eigenvalue weighted by molar-refractivity contribution is -0.272. The molecule has 0 aromatic heterocycles. The number of rotatable bonds is 8. The van der Waals surface area contributed by atoms with Gasteiger partial charge in [0.05, 0.1) is 0 Å². The lowest BCUT2D eigenvalue weighted by Gasteiger charge is -2.37. The fourth-order valence-electron chi connectivity index (χ4n) is 7.68. The summed E-state index contributed by atoms with van der Waals surface area (Å²) < 4.78 is 0. The lowest BCUT2D eigenvalue weighted by Crippen LogP contribution is -2.29. The summed E-state index contributed by atoms with van der Waals surface area (Å²) >= 11 is 0. The van der Waals surface area contributed by atoms with Crippen LogP contribution in [-0.2, 0) is 21.7 Å². The molecule has 1 nitrogen and oxygen atoms in total. The molecular formula is C28H45O-. The van der Waals surface area contributed by atoms with Crippen LogP contribution in [0.25, 0.3) is 0 Å². The smallest absolute Gasteiger partial charge is 0.00409 e. The quantitative estimate of drug-likeness (QED) is 0.439. The van der Waals surface area contributed by atoms with E-state index in [1.165, 1.54) is 35.1 Å². The van der Waals surface area contributed by atoms with Crippen LogP contribution < -0.4 is 5.11 Å². The third-order valence-corrected chi connectivity index (χ3v) is 10.3. The van der Waals surface area contributed by atoms with E-state index < -0.39 is 0 Å². The summed E-state index contributed by atoms with van der Waals surface area (Å²) in [5.41, 5.74) is 5.89. The Morgan fingerprint density at radius 2 is 0.828 bits per heavy atom. The average Bonchev–Trinajstić information content (AvgIpc) is 3.23. The van der Waals surface area contributed by atoms with Crippen LogP contribution in [0.1, 0.15) is 142 Å². The van der Waals surface area contributed by atoms with Gasteiger partial charge in [0.2, 0.25) is 0 Å². The first-order valence-electron chi connectivity index (χ1n) is 12.7. The fraction of sp³-hybridized carbons (Fsp3) is 0.786. The molecule has 0 heterocycles. The Morgan fingerprint density at radius 3 is 1.07 bits per heavy atom. The molecule has 0 fully saturated rings. The Labute approximate surface area is 180 Å². The van der Waals surface area contributed by atoms with Crippen molar-refractivity contribution in [1.82, 2.24) is 0 Å². The van der Waals surface area contributed by atoms with Crippen LogP contribution in [0.15, 0.2) is 6.07 Å². The van der Waals surface area contributed by atoms with Gasteiger partial charge in [0.15, 0.2) is 0 Å². The van der Waals surface area contributed by atoms with Crippen LogP contribution >= 0.6 is 0 Å². The van der Waals surface area contributed by atoms with E-state index in [0.29, 0.717) is 5.75 Å². The zero-order valence-corrected chi connectivity index (χ0v) is 20.6. The van der Waals surface area contributed by atoms with Gasteiger partial charge in [-0.1, -0.05) is 61.5 Å². The van der Waals surface area contributed by atoms with Crippen molar-refractivity contribution in [2.45, 2.75) is 141 Å². The third-order valence-electron chi connectivity index (χ3n) is 10.3. The molecule has 164 valence electrons. The molecule has 0 amide bonds. The molecule has 0 atom stereocenters. The molecule has 0 spiro atoms. The molecule has 0 saturated heterocycles. The van der Waals surface area contributed by atoms with Gasteiger partial charge in [-0.15, -0.1) is 5.75 Å². The number of fused-ring (bicyclic) bond motifs is 2. The minimum absolute atomic E-state index is 0.0738. The summed E-state index contributed by atoms with van der Waals surface area (Å²) in [6.07, 6.45) is 11.3. The molecule has 1 aromatic rings. The lowest BCUT2D eigenvalue weighted by atomic mass is 9.69. The van der Waals surface area contributed by atoms with Gasteiger partial charge >= 0.3 is 0 Å². The molecule has 29 heavy (non-hydrogen) atoms. The fourth-order valence-corrected chi connectivity index (χ4v) is 7.68. The maximum atomic E-state index is 14.5. The Bertz CT molecular complexity index is 680. The Balaban J connectivity index is 2.46. The van der Waals surface area contributed by atoms with E-state index in [4.69, 9.17) is 0 Å². The second kappa shape index (κ2) is 7.61. The zero-order chi connectivity index (χ0) is 21.7. The standard InChI is InChI=1S/C28H46O/c1-9-25(10-2)18-27(13-5,14-6)22-20(25)17-21-23(24(22)29)28(15-7,16-8)19-26(21,11-3)12-4/h17,29H,9-16,18-19H2,1-8H3/p-1. The second-order valence-electron chi connectivity index (χ2n) is 10.4. The topological polar surface area (TPSA) is 23.1 Å². The minimum atomic E-state index is 0.0738. The van der Waals surface area contributed by atoms with Gasteiger partial charge in [0.1, 0.15) is 0 Å². The summed E-state index contributed by atoms with van der Waals surface area (Å²) in [5, 5.41) is 14.5. The van der Waals surface area contributed by atoms with E-state index in [1.54, 1.807) is 0 Å². The van der Waals surface area contributed by atoms with Gasteiger partial charge in [-0.2, -0.15) is 0 Å². The Hall–Kier alpha value is -0.980. The molecule has 0 N–H and O–H groups in total. The van der Waals surface area contributed by atoms with Crippen molar-refractivity contribution in [3.8, 4) is 5.75 Å². The third kappa shape index (κ3) is 2.71. The van der Waals surface area contributed by atoms with E-state index in [9.17, 15) is 5.11 Å². The zero-order valence-electron chi connectivity index (χ0n) is 20.6. The summed E-state index contributed by atoms with van der Waals surface area (Å²) in [5.74, 6) is 0.456. The monoisotopic (exact) mass is 397 g/mol. The predicted octanol–water partition coefficient (Wildman–Crippen LogP) is 7.80. The van der Waals surface area contributed by atoms with Gasteiger partial charge in [-0.05, 0) is 108 Å². The van der Waals surface area contributed by atoms with Crippen molar-refractivity contribution in [3.05, 3.63) is 28.3 Å². The molecule has 1 heteroatoms. The number of benzene rings is 1. The highest BCUT2D eigenvalue weighted by molar-refractivity contribution is 5.64. The van der Waals surface area contributed by atoms with Crippen molar-refractivity contribution in [2.24, 2.45) is 0 Å². The van der Waals surface area contributed by atoms with Crippen molar-refractivity contribution in [1.29, 1.82) is 0 Å². The molecule has 0 bridgehead atoms. The first-order chi connectivity index (χ1) is 13.8. The number of hydrogen-bond donors (Lipinski definition) is 0. The number of hydrogen-bond acceptors (Lipinski definition) is 1. The Morgan fingerprint density at radius 1 is 0.552 bits per heavy atom. The predicted molar refractivity (Wildman–Crippen MR) is 124 cm³/mol. The normalized spacial score (nSPS) is 22.5. The van der Waals surface area contributed by atoms with Gasteiger partial charge in [-0.25, -0.2) is 0 Å². The van der Waals surface area contributed by atoms with Crippen molar-refractivity contribution >= 4 is 0 Å². The Kier molecular flexibility index (Phi) is 5.96. The van der Waals surface area contributed by atoms with Gasteiger partial charge in [0, 0.05) is 0 Å². The summed E-state index contributed by atoms with van der Waals surface area (Å²) in [6.45, 7) is 18.7. The molecule has 1 aromatic carbocycles. The molecule has 0 saturated carbocycles. The van der Waals surface area contributed by atoms with Crippen LogP contribution in [0.2, 0.25) is 0 Å². The summed E-state index contributed by atoms with van der Waals surface area (Å²) in [7, 11) is 0. The maximum absolute atomic E-state index is 14.5. The van der Waals surface area contributed by atoms with E-state index >= 15 is 0 Å². The minimum Gasteiger partial charge on any atom is -0.872 e. The molecule has 2 aliphatic carbocycles. The second-order valence-corrected chi connectivity index (χ2v) is 10.4. The highest BCUT2D eigenvalue weighted by atomic mass is 16.3. The highest BCUT2D eigenvalue weighted by Crippen LogP contribution is 2.65. The van der Waals surface area contributed by atoms with Gasteiger partial charge in [0.25, 0.3) is 0 Å². The molecular weight excluding hydrogens is 352 g/mol. The van der Waals surface area contributed by atoms with Crippen LogP contribution in [0.3, 0.4) is 0 Å². The van der Waals surface area contributed by atoms with Crippen LogP contribution in [0.5, 0.6) is 5.75 Å². The molecule has 0 radical (unpaired) electrons. The van der Waals surface area contributed by atoms with Crippen LogP contribution in [0, 0.1) is 0 Å². The van der Waals surface area contributed by atoms with E-state index in [1.807, 2.05) is 0 Å². The SMILES string of the molecule is CCC1(CC)CC(CC)(CC)c2c1cc1c(c2[O-])C(CC)(CC)CC1(CC)CC. The summed E-state index contributed by atoms with van der Waals surface area (Å²) in [4.78, 5) is 0. The molecule has 3 rings (SSSR count). The van der Waals surface area contributed by atoms with E-state index in [0.717, 1.165) is 51.4 Å². The van der Waals surface area contributed by atoms with Crippen LogP contribution in [-0.4, -0.2) is 0 Å². The average molecular weight is 398 g/mol. The molecule has 0 aliphatic heterocycles. The first-order valence-corrected chi connectivity index (χ1v) is 12.7. The van der Waals surface area contributed by atoms with Gasteiger partial charge in [-0.3, -0.25) is 0 Å². The van der Waals surface area contributed by atoms with Crippen LogP contribution in [0.4, 0.5) is 0 Å². The highest BCUT2D eigenvalue weighted by Gasteiger charge is 2.54. The first kappa shape index (κ1) is 22.7. The van der Waals surface area contributed by atoms with E-state index in [2.05, 4.69) is 61.5 Å². The van der Waals surface area contributed by atoms with Gasteiger partial charge < -0.3 is 5.11 Å². The molecule has 2 aliphatic rings. The van der Waals surface area contributed by atoms with E-state index in [-0.39, 0.29) is 21.7 Å².